The zero-order valence-electron chi connectivity index (χ0n) is 16.0. The highest BCUT2D eigenvalue weighted by Gasteiger charge is 2.41. The van der Waals surface area contributed by atoms with Crippen molar-refractivity contribution < 1.29 is 35.5 Å². The highest BCUT2D eigenvalue weighted by molar-refractivity contribution is 5.71. The van der Waals surface area contributed by atoms with E-state index in [4.69, 9.17) is 0 Å². The normalized spacial score (nSPS) is 11.7. The van der Waals surface area contributed by atoms with Crippen LogP contribution in [0.3, 0.4) is 0 Å². The Hall–Kier alpha value is -3.03. The monoisotopic (exact) mass is 428 g/mol. The molecule has 0 spiro atoms. The van der Waals surface area contributed by atoms with Crippen LogP contribution in [0.25, 0.3) is 11.1 Å². The zero-order valence-corrected chi connectivity index (χ0v) is 16.0. The molecule has 0 aliphatic carbocycles. The topological polar surface area (TPSA) is 9.23 Å². The average molecular weight is 428 g/mol. The highest BCUT2D eigenvalue weighted by atomic mass is 19.3. The van der Waals surface area contributed by atoms with E-state index in [2.05, 4.69) is 4.74 Å². The third-order valence-corrected chi connectivity index (χ3v) is 4.50. The molecule has 0 atom stereocenters. The van der Waals surface area contributed by atoms with Crippen molar-refractivity contribution in [3.63, 3.8) is 0 Å². The van der Waals surface area contributed by atoms with Crippen LogP contribution in [-0.2, 0) is 6.11 Å². The maximum atomic E-state index is 14.6. The number of benzene rings is 3. The summed E-state index contributed by atoms with van der Waals surface area (Å²) < 4.78 is 102. The molecule has 0 radical (unpaired) electrons. The number of rotatable bonds is 4. The molecule has 0 saturated carbocycles. The third-order valence-electron chi connectivity index (χ3n) is 4.50. The van der Waals surface area contributed by atoms with E-state index in [0.29, 0.717) is 16.7 Å². The first kappa shape index (κ1) is 21.7. The number of halogens is 7. The van der Waals surface area contributed by atoms with Crippen LogP contribution in [0.5, 0.6) is 5.75 Å². The number of hydrogen-bond acceptors (Lipinski definition) is 1. The summed E-state index contributed by atoms with van der Waals surface area (Å²) in [5, 5.41) is 0. The first-order chi connectivity index (χ1) is 13.9. The lowest BCUT2D eigenvalue weighted by molar-refractivity contribution is -0.189. The summed E-state index contributed by atoms with van der Waals surface area (Å²) in [4.78, 5) is 0. The van der Waals surface area contributed by atoms with E-state index >= 15 is 0 Å². The van der Waals surface area contributed by atoms with Crippen LogP contribution in [-0.4, -0.2) is 0 Å². The van der Waals surface area contributed by atoms with Crippen LogP contribution in [0.1, 0.15) is 22.3 Å². The second-order valence-electron chi connectivity index (χ2n) is 6.91. The van der Waals surface area contributed by atoms with Gasteiger partial charge in [0.05, 0.1) is 0 Å². The quantitative estimate of drug-likeness (QED) is 0.318. The lowest BCUT2D eigenvalue weighted by atomic mass is 9.93. The zero-order chi connectivity index (χ0) is 22.4. The van der Waals surface area contributed by atoms with Crippen molar-refractivity contribution in [1.29, 1.82) is 0 Å². The average Bonchev–Trinajstić information content (AvgIpc) is 2.57. The van der Waals surface area contributed by atoms with Crippen LogP contribution >= 0.6 is 0 Å². The fourth-order valence-corrected chi connectivity index (χ4v) is 3.42. The van der Waals surface area contributed by atoms with Gasteiger partial charge >= 0.3 is 6.11 Å². The fraction of sp³-hybridized carbons (Fsp3) is 0.182. The molecule has 0 unspecified atom stereocenters. The van der Waals surface area contributed by atoms with Crippen molar-refractivity contribution in [3.8, 4) is 16.9 Å². The first-order valence-corrected chi connectivity index (χ1v) is 8.70. The van der Waals surface area contributed by atoms with Gasteiger partial charge in [0.1, 0.15) is 22.9 Å². The molecule has 0 bridgehead atoms. The summed E-state index contributed by atoms with van der Waals surface area (Å²) in [6.45, 7) is 5.27. The molecule has 3 aromatic rings. The summed E-state index contributed by atoms with van der Waals surface area (Å²) in [7, 11) is 0. The summed E-state index contributed by atoms with van der Waals surface area (Å²) in [5.74, 6) is -9.83. The van der Waals surface area contributed by atoms with Gasteiger partial charge in [0.15, 0.2) is 17.5 Å². The van der Waals surface area contributed by atoms with Crippen LogP contribution in [0.4, 0.5) is 30.7 Å². The van der Waals surface area contributed by atoms with E-state index < -0.39 is 46.5 Å². The Morgan fingerprint density at radius 3 is 1.60 bits per heavy atom. The maximum absolute atomic E-state index is 14.6. The minimum atomic E-state index is -4.62. The number of alkyl halides is 2. The standard InChI is InChI=1S/C22H15F7O/c1-10-4-11(2)19(12(3)5-10)13-6-15(23)20(16(24)7-13)22(28,29)30-14-8-17(25)21(27)18(26)9-14/h4-9H,1-3H3. The smallest absolute Gasteiger partial charge is 0.429 e. The van der Waals surface area contributed by atoms with Crippen molar-refractivity contribution >= 4 is 0 Å². The van der Waals surface area contributed by atoms with Crippen LogP contribution in [0.2, 0.25) is 0 Å². The van der Waals surface area contributed by atoms with Crippen molar-refractivity contribution in [1.82, 2.24) is 0 Å². The van der Waals surface area contributed by atoms with Gasteiger partial charge in [-0.25, -0.2) is 22.0 Å². The predicted octanol–water partition coefficient (Wildman–Crippen LogP) is 7.10. The minimum Gasteiger partial charge on any atom is -0.429 e. The molecule has 0 aliphatic rings. The van der Waals surface area contributed by atoms with Crippen LogP contribution < -0.4 is 4.74 Å². The molecule has 3 aromatic carbocycles. The molecule has 1 nitrogen and oxygen atoms in total. The van der Waals surface area contributed by atoms with Gasteiger partial charge in [-0.1, -0.05) is 17.7 Å². The van der Waals surface area contributed by atoms with Gasteiger partial charge in [0, 0.05) is 12.1 Å². The maximum Gasteiger partial charge on any atom is 0.432 e. The lowest BCUT2D eigenvalue weighted by Gasteiger charge is -2.20. The number of aryl methyl sites for hydroxylation is 3. The molecule has 0 saturated heterocycles. The minimum absolute atomic E-state index is 0.0402. The molecule has 0 aliphatic heterocycles. The number of ether oxygens (including phenoxy) is 1. The third kappa shape index (κ3) is 3.99. The molecule has 0 fully saturated rings. The molecular formula is C22H15F7O. The Bertz CT molecular complexity index is 1070. The van der Waals surface area contributed by atoms with Crippen molar-refractivity contribution in [2.75, 3.05) is 0 Å². The summed E-state index contributed by atoms with van der Waals surface area (Å²) in [6, 6.07) is 5.31. The molecule has 0 amide bonds. The van der Waals surface area contributed by atoms with Gasteiger partial charge in [0.2, 0.25) is 0 Å². The Morgan fingerprint density at radius 1 is 0.667 bits per heavy atom. The first-order valence-electron chi connectivity index (χ1n) is 8.70. The van der Waals surface area contributed by atoms with Crippen molar-refractivity contribution in [2.24, 2.45) is 0 Å². The number of hydrogen-bond donors (Lipinski definition) is 0. The van der Waals surface area contributed by atoms with E-state index in [-0.39, 0.29) is 17.7 Å². The van der Waals surface area contributed by atoms with E-state index in [1.807, 2.05) is 6.92 Å². The Balaban J connectivity index is 2.05. The Kier molecular flexibility index (Phi) is 5.54. The van der Waals surface area contributed by atoms with Crippen molar-refractivity contribution in [2.45, 2.75) is 26.9 Å². The Labute approximate surface area is 167 Å². The summed E-state index contributed by atoms with van der Waals surface area (Å²) in [6.07, 6.45) is -4.62. The molecular weight excluding hydrogens is 413 g/mol. The fourth-order valence-electron chi connectivity index (χ4n) is 3.42. The van der Waals surface area contributed by atoms with E-state index in [1.54, 1.807) is 26.0 Å². The van der Waals surface area contributed by atoms with Crippen LogP contribution in [0, 0.1) is 49.9 Å². The molecule has 30 heavy (non-hydrogen) atoms. The molecule has 3 rings (SSSR count). The molecule has 0 heterocycles. The lowest BCUT2D eigenvalue weighted by Crippen LogP contribution is -2.25. The van der Waals surface area contributed by atoms with Gasteiger partial charge in [-0.2, -0.15) is 8.78 Å². The summed E-state index contributed by atoms with van der Waals surface area (Å²) in [5.41, 5.74) is 1.10. The predicted molar refractivity (Wildman–Crippen MR) is 96.8 cm³/mol. The second-order valence-corrected chi connectivity index (χ2v) is 6.91. The Morgan fingerprint density at radius 2 is 1.13 bits per heavy atom. The molecule has 8 heteroatoms. The van der Waals surface area contributed by atoms with Crippen molar-refractivity contribution in [3.05, 3.63) is 87.7 Å². The largest absolute Gasteiger partial charge is 0.432 e. The second kappa shape index (κ2) is 7.66. The SMILES string of the molecule is Cc1cc(C)c(-c2cc(F)c(C(F)(F)Oc3cc(F)c(F)c(F)c3)c(F)c2)c(C)c1. The molecule has 0 N–H and O–H groups in total. The van der Waals surface area contributed by atoms with E-state index in [9.17, 15) is 30.7 Å². The van der Waals surface area contributed by atoms with Gasteiger partial charge < -0.3 is 4.74 Å². The molecule has 158 valence electrons. The van der Waals surface area contributed by atoms with Gasteiger partial charge in [-0.15, -0.1) is 0 Å². The molecule has 0 aromatic heterocycles. The van der Waals surface area contributed by atoms with E-state index in [1.165, 1.54) is 0 Å². The van der Waals surface area contributed by atoms with Crippen LogP contribution in [0.15, 0.2) is 36.4 Å². The highest BCUT2D eigenvalue weighted by Crippen LogP contribution is 2.38. The van der Waals surface area contributed by atoms with Gasteiger partial charge in [-0.05, 0) is 55.2 Å². The van der Waals surface area contributed by atoms with Gasteiger partial charge in [0.25, 0.3) is 0 Å². The summed E-state index contributed by atoms with van der Waals surface area (Å²) >= 11 is 0. The van der Waals surface area contributed by atoms with E-state index in [0.717, 1.165) is 17.7 Å². The van der Waals surface area contributed by atoms with Gasteiger partial charge in [-0.3, -0.25) is 0 Å².